The van der Waals surface area contributed by atoms with Crippen LogP contribution in [0.5, 0.6) is 0 Å². The molecule has 124 valence electrons. The first-order valence-corrected chi connectivity index (χ1v) is 8.35. The van der Waals surface area contributed by atoms with E-state index in [0.29, 0.717) is 0 Å². The maximum atomic E-state index is 11.5. The van der Waals surface area contributed by atoms with Crippen LogP contribution in [0.1, 0.15) is 19.3 Å². The van der Waals surface area contributed by atoms with Crippen molar-refractivity contribution in [3.8, 4) is 0 Å². The van der Waals surface area contributed by atoms with Gasteiger partial charge in [0.05, 0.1) is 5.75 Å². The van der Waals surface area contributed by atoms with Crippen LogP contribution in [-0.2, 0) is 20.2 Å². The van der Waals surface area contributed by atoms with E-state index < -0.39 is 43.7 Å². The van der Waals surface area contributed by atoms with E-state index in [-0.39, 0.29) is 12.8 Å². The van der Waals surface area contributed by atoms with Gasteiger partial charge in [-0.25, -0.2) is 4.98 Å². The van der Waals surface area contributed by atoms with Crippen molar-refractivity contribution in [3.63, 3.8) is 0 Å². The molecule has 0 atom stereocenters. The van der Waals surface area contributed by atoms with E-state index in [1.165, 1.54) is 12.4 Å². The molecule has 1 rings (SSSR count). The molecule has 0 aromatic carbocycles. The monoisotopic (exact) mass is 354 g/mol. The van der Waals surface area contributed by atoms with Gasteiger partial charge in [0, 0.05) is 18.8 Å². The van der Waals surface area contributed by atoms with Crippen molar-refractivity contribution < 1.29 is 39.1 Å². The number of nitrogens with one attached hydrogen (secondary N) is 1. The number of hydrogen-bond donors (Lipinski definition) is 3. The van der Waals surface area contributed by atoms with Gasteiger partial charge in [0.1, 0.15) is 0 Å². The average Bonchev–Trinajstić information content (AvgIpc) is 2.75. The molecule has 1 heterocycles. The highest BCUT2D eigenvalue weighted by atomic mass is 32.2. The van der Waals surface area contributed by atoms with Gasteiger partial charge >= 0.3 is 16.3 Å². The Kier molecular flexibility index (Phi) is 7.29. The van der Waals surface area contributed by atoms with Crippen LogP contribution in [0, 0.1) is 0 Å². The summed E-state index contributed by atoms with van der Waals surface area (Å²) in [5.74, 6) is -0.608. The maximum absolute atomic E-state index is 11.5. The van der Waals surface area contributed by atoms with Gasteiger partial charge in [-0.2, -0.15) is 30.0 Å². The molecule has 1 aromatic heterocycles. The van der Waals surface area contributed by atoms with Crippen LogP contribution in [0.15, 0.2) is 17.6 Å². The first-order chi connectivity index (χ1) is 9.31. The van der Waals surface area contributed by atoms with E-state index in [0.717, 1.165) is 0 Å². The third-order valence-corrected chi connectivity index (χ3v) is 3.35. The lowest BCUT2D eigenvalue weighted by Gasteiger charge is -2.04. The molecule has 8 nitrogen and oxygen atoms in total. The summed E-state index contributed by atoms with van der Waals surface area (Å²) in [7, 11) is -8.24. The molecule has 0 amide bonds. The molecule has 0 bridgehead atoms. The smallest absolute Gasteiger partial charge is 0.334 e. The van der Waals surface area contributed by atoms with Crippen molar-refractivity contribution in [3.05, 3.63) is 12.4 Å². The third-order valence-electron chi connectivity index (χ3n) is 1.83. The number of halogens is 3. The fraction of sp³-hybridized carbons (Fsp3) is 0.625. The number of nitrogens with zero attached hydrogens (tertiary/aromatic N) is 1. The van der Waals surface area contributed by atoms with Gasteiger partial charge in [-0.1, -0.05) is 0 Å². The van der Waals surface area contributed by atoms with E-state index in [1.54, 1.807) is 0 Å². The Morgan fingerprint density at radius 1 is 1.14 bits per heavy atom. The molecule has 21 heavy (non-hydrogen) atoms. The fourth-order valence-corrected chi connectivity index (χ4v) is 1.98. The van der Waals surface area contributed by atoms with Crippen molar-refractivity contribution in [1.82, 2.24) is 9.97 Å². The molecule has 13 heteroatoms. The van der Waals surface area contributed by atoms with E-state index in [1.807, 2.05) is 0 Å². The maximum Gasteiger partial charge on any atom is 0.389 e. The van der Waals surface area contributed by atoms with E-state index >= 15 is 0 Å². The zero-order valence-corrected chi connectivity index (χ0v) is 12.0. The molecular formula is C8H13F3N2O6S2. The second kappa shape index (κ2) is 7.72. The number of alkyl halides is 3. The second-order valence-corrected chi connectivity index (χ2v) is 6.64. The van der Waals surface area contributed by atoms with Gasteiger partial charge in [0.15, 0.2) is 0 Å². The normalized spacial score (nSPS) is 12.6. The lowest BCUT2D eigenvalue weighted by Crippen LogP contribution is -2.09. The van der Waals surface area contributed by atoms with Crippen molar-refractivity contribution in [2.24, 2.45) is 0 Å². The molecule has 0 saturated carbocycles. The fourth-order valence-electron chi connectivity index (χ4n) is 1.00. The van der Waals surface area contributed by atoms with E-state index in [2.05, 4.69) is 9.97 Å². The van der Waals surface area contributed by atoms with Gasteiger partial charge in [-0.3, -0.25) is 9.11 Å². The first kappa shape index (κ1) is 19.8. The average molecular weight is 354 g/mol. The highest BCUT2D eigenvalue weighted by Gasteiger charge is 2.26. The molecule has 1 aromatic rings. The quantitative estimate of drug-likeness (QED) is 0.534. The second-order valence-electron chi connectivity index (χ2n) is 3.73. The topological polar surface area (TPSA) is 137 Å². The van der Waals surface area contributed by atoms with Crippen LogP contribution in [-0.4, -0.2) is 47.8 Å². The van der Waals surface area contributed by atoms with Gasteiger partial charge in [0.25, 0.3) is 15.3 Å². The van der Waals surface area contributed by atoms with Crippen LogP contribution in [0.2, 0.25) is 0 Å². The summed E-state index contributed by atoms with van der Waals surface area (Å²) < 4.78 is 91.2. The minimum Gasteiger partial charge on any atom is -0.334 e. The Labute approximate surface area is 118 Å². The molecule has 0 saturated heterocycles. The zero-order chi connectivity index (χ0) is 16.7. The third kappa shape index (κ3) is 12.3. The molecule has 0 fully saturated rings. The summed E-state index contributed by atoms with van der Waals surface area (Å²) in [5, 5.41) is -0.428. The Bertz CT molecular complexity index is 609. The molecule has 0 aliphatic carbocycles. The lowest BCUT2D eigenvalue weighted by molar-refractivity contribution is -0.135. The van der Waals surface area contributed by atoms with Gasteiger partial charge < -0.3 is 4.98 Å². The molecular weight excluding hydrogens is 341 g/mol. The summed E-state index contributed by atoms with van der Waals surface area (Å²) in [6, 6.07) is 0. The summed E-state index contributed by atoms with van der Waals surface area (Å²) >= 11 is 0. The number of rotatable bonds is 5. The Balaban J connectivity index is 0.000000394. The molecule has 0 spiro atoms. The Morgan fingerprint density at radius 2 is 1.71 bits per heavy atom. The van der Waals surface area contributed by atoms with E-state index in [4.69, 9.17) is 9.11 Å². The molecule has 0 radical (unpaired) electrons. The summed E-state index contributed by atoms with van der Waals surface area (Å²) in [5.41, 5.74) is 0. The minimum absolute atomic E-state index is 0.168. The number of aromatic nitrogens is 2. The number of aromatic amines is 1. The lowest BCUT2D eigenvalue weighted by atomic mass is 10.2. The summed E-state index contributed by atoms with van der Waals surface area (Å²) in [6.07, 6.45) is -3.16. The number of imidazole rings is 1. The Morgan fingerprint density at radius 3 is 2.00 bits per heavy atom. The van der Waals surface area contributed by atoms with Crippen LogP contribution < -0.4 is 0 Å². The predicted molar refractivity (Wildman–Crippen MR) is 64.7 cm³/mol. The van der Waals surface area contributed by atoms with Crippen molar-refractivity contribution in [2.45, 2.75) is 30.6 Å². The SMILES string of the molecule is O=S(=O)(O)CCCCC(F)(F)F.O=S(=O)(O)c1ncc[nH]1. The van der Waals surface area contributed by atoms with Crippen LogP contribution in [0.25, 0.3) is 0 Å². The zero-order valence-electron chi connectivity index (χ0n) is 10.4. The van der Waals surface area contributed by atoms with E-state index in [9.17, 15) is 30.0 Å². The van der Waals surface area contributed by atoms with Crippen molar-refractivity contribution in [2.75, 3.05) is 5.75 Å². The molecule has 0 aliphatic rings. The highest BCUT2D eigenvalue weighted by Crippen LogP contribution is 2.22. The molecule has 0 unspecified atom stereocenters. The van der Waals surface area contributed by atoms with Crippen molar-refractivity contribution >= 4 is 20.2 Å². The first-order valence-electron chi connectivity index (χ1n) is 5.30. The summed E-state index contributed by atoms with van der Waals surface area (Å²) in [6.45, 7) is 0. The summed E-state index contributed by atoms with van der Waals surface area (Å²) in [4.78, 5) is 5.52. The highest BCUT2D eigenvalue weighted by molar-refractivity contribution is 7.85. The number of hydrogen-bond acceptors (Lipinski definition) is 5. The van der Waals surface area contributed by atoms with Crippen LogP contribution in [0.4, 0.5) is 13.2 Å². The number of unbranched alkanes of at least 4 members (excludes halogenated alkanes) is 1. The minimum atomic E-state index is -4.25. The van der Waals surface area contributed by atoms with Gasteiger partial charge in [-0.05, 0) is 12.8 Å². The molecule has 0 aliphatic heterocycles. The Hall–Kier alpha value is -1.18. The van der Waals surface area contributed by atoms with Crippen LogP contribution >= 0.6 is 0 Å². The number of H-pyrrole nitrogens is 1. The van der Waals surface area contributed by atoms with Crippen molar-refractivity contribution in [1.29, 1.82) is 0 Å². The standard InChI is InChI=1S/C5H9F3O3S.C3H4N2O3S/c6-5(7,8)3-1-2-4-12(9,10)11;6-9(7,8)3-4-1-2-5-3/h1-4H2,(H,9,10,11);1-2H,(H,4,5)(H,6,7,8). The molecule has 3 N–H and O–H groups in total. The predicted octanol–water partition coefficient (Wildman–Crippen LogP) is 1.26. The van der Waals surface area contributed by atoms with Gasteiger partial charge in [-0.15, -0.1) is 0 Å². The van der Waals surface area contributed by atoms with Crippen LogP contribution in [0.3, 0.4) is 0 Å². The largest absolute Gasteiger partial charge is 0.389 e. The van der Waals surface area contributed by atoms with Gasteiger partial charge in [0.2, 0.25) is 0 Å².